The minimum Gasteiger partial charge on any atom is -0.480 e. The number of hydrogen-bond donors (Lipinski definition) is 5. The lowest BCUT2D eigenvalue weighted by molar-refractivity contribution is -0.143. The Kier molecular flexibility index (Phi) is 10.3. The van der Waals surface area contributed by atoms with Gasteiger partial charge in [-0.2, -0.15) is 0 Å². The van der Waals surface area contributed by atoms with Crippen LogP contribution in [0.1, 0.15) is 31.8 Å². The minimum atomic E-state index is -1.08. The number of aliphatic carboxylic acids is 1. The van der Waals surface area contributed by atoms with Crippen molar-refractivity contribution in [1.82, 2.24) is 30.6 Å². The topological polar surface area (TPSA) is 179 Å². The Balaban J connectivity index is 0.000000185. The van der Waals surface area contributed by atoms with E-state index in [0.29, 0.717) is 17.5 Å². The number of benzene rings is 2. The first-order valence-corrected chi connectivity index (χ1v) is 14.7. The lowest BCUT2D eigenvalue weighted by atomic mass is 10.0. The van der Waals surface area contributed by atoms with Gasteiger partial charge >= 0.3 is 11.9 Å². The van der Waals surface area contributed by atoms with Crippen molar-refractivity contribution in [3.05, 3.63) is 132 Å². The predicted octanol–water partition coefficient (Wildman–Crippen LogP) is 4.07. The molecule has 4 heterocycles. The highest BCUT2D eigenvalue weighted by Gasteiger charge is 2.24. The van der Waals surface area contributed by atoms with E-state index in [1.807, 2.05) is 54.7 Å². The van der Waals surface area contributed by atoms with E-state index in [1.165, 1.54) is 19.5 Å². The second-order valence-corrected chi connectivity index (χ2v) is 10.5. The molecule has 5 N–H and O–H groups in total. The standard InChI is InChI=1S/C18H17N3O3.C17H15N3O3/c1-24-18(23)16(21-17(22)12-5-4-8-19-10-12)9-13-11-20-15-7-3-2-6-14(13)15;21-16(11-4-3-7-18-9-11)20-15(17(22)23)8-12-10-19-14-6-2-1-5-13(12)14/h2-8,10-11,16,20H,9H2,1H3,(H,21,22);1-7,9-10,15,19H,8H2,(H,20,21)(H,22,23). The van der Waals surface area contributed by atoms with Crippen LogP contribution in [0.25, 0.3) is 21.8 Å². The Morgan fingerprint density at radius 2 is 1.17 bits per heavy atom. The van der Waals surface area contributed by atoms with Crippen LogP contribution in [-0.4, -0.2) is 68.0 Å². The van der Waals surface area contributed by atoms with Crippen LogP contribution in [0.2, 0.25) is 0 Å². The third kappa shape index (κ3) is 8.05. The summed E-state index contributed by atoms with van der Waals surface area (Å²) in [4.78, 5) is 62.0. The number of nitrogens with zero attached hydrogens (tertiary/aromatic N) is 2. The van der Waals surface area contributed by atoms with Gasteiger partial charge in [-0.05, 0) is 47.5 Å². The predicted molar refractivity (Wildman–Crippen MR) is 175 cm³/mol. The third-order valence-electron chi connectivity index (χ3n) is 7.44. The van der Waals surface area contributed by atoms with Crippen LogP contribution in [-0.2, 0) is 27.2 Å². The van der Waals surface area contributed by atoms with Crippen LogP contribution >= 0.6 is 0 Å². The number of amides is 2. The molecule has 0 saturated heterocycles. The second-order valence-electron chi connectivity index (χ2n) is 10.5. The summed E-state index contributed by atoms with van der Waals surface area (Å²) in [6.45, 7) is 0. The molecule has 0 aliphatic rings. The number of hydrogen-bond acceptors (Lipinski definition) is 7. The summed E-state index contributed by atoms with van der Waals surface area (Å²) >= 11 is 0. The van der Waals surface area contributed by atoms with Gasteiger partial charge in [-0.1, -0.05) is 36.4 Å². The molecule has 2 aromatic carbocycles. The first-order valence-electron chi connectivity index (χ1n) is 14.7. The molecule has 6 rings (SSSR count). The zero-order valence-corrected chi connectivity index (χ0v) is 25.3. The molecular weight excluding hydrogens is 600 g/mol. The van der Waals surface area contributed by atoms with Crippen molar-refractivity contribution in [1.29, 1.82) is 0 Å². The number of carbonyl (C=O) groups is 4. The van der Waals surface area contributed by atoms with Gasteiger partial charge in [-0.25, -0.2) is 9.59 Å². The van der Waals surface area contributed by atoms with Crippen LogP contribution in [0.15, 0.2) is 110 Å². The summed E-state index contributed by atoms with van der Waals surface area (Å²) in [5.41, 5.74) is 4.43. The van der Waals surface area contributed by atoms with Gasteiger partial charge in [0.15, 0.2) is 0 Å². The Morgan fingerprint density at radius 1 is 0.702 bits per heavy atom. The number of nitrogens with one attached hydrogen (secondary N) is 4. The van der Waals surface area contributed by atoms with Crippen molar-refractivity contribution in [2.24, 2.45) is 0 Å². The summed E-state index contributed by atoms with van der Waals surface area (Å²) in [5.74, 6) is -2.38. The molecule has 2 atom stereocenters. The number of carboxylic acids is 1. The molecule has 0 fully saturated rings. The number of methoxy groups -OCH3 is 1. The van der Waals surface area contributed by atoms with E-state index in [9.17, 15) is 24.3 Å². The monoisotopic (exact) mass is 632 g/mol. The molecular formula is C35H32N6O6. The van der Waals surface area contributed by atoms with Crippen LogP contribution in [0.4, 0.5) is 0 Å². The van der Waals surface area contributed by atoms with Crippen molar-refractivity contribution in [2.75, 3.05) is 7.11 Å². The summed E-state index contributed by atoms with van der Waals surface area (Å²) in [6, 6.07) is 20.2. The molecule has 12 nitrogen and oxygen atoms in total. The van der Waals surface area contributed by atoms with Crippen molar-refractivity contribution in [3.8, 4) is 0 Å². The number of pyridine rings is 2. The van der Waals surface area contributed by atoms with Crippen molar-refractivity contribution < 1.29 is 29.0 Å². The maximum Gasteiger partial charge on any atom is 0.328 e. The lowest BCUT2D eigenvalue weighted by Crippen LogP contribution is -2.43. The van der Waals surface area contributed by atoms with Gasteiger partial charge in [0.25, 0.3) is 11.8 Å². The fraction of sp³-hybridized carbons (Fsp3) is 0.143. The van der Waals surface area contributed by atoms with Crippen molar-refractivity contribution >= 4 is 45.6 Å². The van der Waals surface area contributed by atoms with E-state index in [2.05, 4.69) is 30.6 Å². The van der Waals surface area contributed by atoms with Crippen LogP contribution in [0.5, 0.6) is 0 Å². The molecule has 6 aromatic rings. The Labute approximate surface area is 269 Å². The Hall–Kier alpha value is -6.30. The molecule has 0 spiro atoms. The van der Waals surface area contributed by atoms with Crippen LogP contribution < -0.4 is 10.6 Å². The van der Waals surface area contributed by atoms with Gasteiger partial charge in [0.1, 0.15) is 12.1 Å². The zero-order chi connectivity index (χ0) is 33.2. The number of rotatable bonds is 10. The molecule has 12 heteroatoms. The first-order chi connectivity index (χ1) is 22.8. The Morgan fingerprint density at radius 3 is 1.62 bits per heavy atom. The van der Waals surface area contributed by atoms with Gasteiger partial charge in [0.2, 0.25) is 0 Å². The van der Waals surface area contributed by atoms with Gasteiger partial charge in [-0.15, -0.1) is 0 Å². The second kappa shape index (κ2) is 15.1. The molecule has 0 aliphatic carbocycles. The molecule has 0 saturated carbocycles. The number of carboxylic acid groups (broad SMARTS) is 1. The highest BCUT2D eigenvalue weighted by atomic mass is 16.5. The summed E-state index contributed by atoms with van der Waals surface area (Å²) < 4.78 is 4.83. The van der Waals surface area contributed by atoms with E-state index < -0.39 is 29.9 Å². The Bertz CT molecular complexity index is 1990. The molecule has 4 aromatic heterocycles. The molecule has 2 amide bonds. The van der Waals surface area contributed by atoms with E-state index >= 15 is 0 Å². The van der Waals surface area contributed by atoms with Crippen molar-refractivity contribution in [2.45, 2.75) is 24.9 Å². The summed E-state index contributed by atoms with van der Waals surface area (Å²) in [5, 5.41) is 16.6. The lowest BCUT2D eigenvalue weighted by Gasteiger charge is -2.16. The minimum absolute atomic E-state index is 0.200. The fourth-order valence-corrected chi connectivity index (χ4v) is 5.05. The van der Waals surface area contributed by atoms with Crippen LogP contribution in [0, 0.1) is 0 Å². The zero-order valence-electron chi connectivity index (χ0n) is 25.3. The smallest absolute Gasteiger partial charge is 0.328 e. The van der Waals surface area contributed by atoms with E-state index in [4.69, 9.17) is 4.74 Å². The number of para-hydroxylation sites is 2. The SMILES string of the molecule is COC(=O)C(Cc1c[nH]c2ccccc12)NC(=O)c1cccnc1.O=C(NC(Cc1c[nH]c2ccccc12)C(=O)O)c1cccnc1. The normalized spacial score (nSPS) is 11.9. The first kappa shape index (κ1) is 32.1. The van der Waals surface area contributed by atoms with Gasteiger partial charge in [-0.3, -0.25) is 19.6 Å². The summed E-state index contributed by atoms with van der Waals surface area (Å²) in [6.07, 6.45) is 10.1. The highest BCUT2D eigenvalue weighted by Crippen LogP contribution is 2.20. The van der Waals surface area contributed by atoms with Gasteiger partial charge < -0.3 is 30.4 Å². The number of esters is 1. The summed E-state index contributed by atoms with van der Waals surface area (Å²) in [7, 11) is 1.31. The molecule has 2 unspecified atom stereocenters. The molecule has 0 radical (unpaired) electrons. The largest absolute Gasteiger partial charge is 0.480 e. The number of fused-ring (bicyclic) bond motifs is 2. The van der Waals surface area contributed by atoms with E-state index in [0.717, 1.165) is 32.9 Å². The molecule has 47 heavy (non-hydrogen) atoms. The van der Waals surface area contributed by atoms with Crippen LogP contribution in [0.3, 0.4) is 0 Å². The van der Waals surface area contributed by atoms with E-state index in [-0.39, 0.29) is 12.3 Å². The fourth-order valence-electron chi connectivity index (χ4n) is 5.05. The van der Waals surface area contributed by atoms with Crippen molar-refractivity contribution in [3.63, 3.8) is 0 Å². The average Bonchev–Trinajstić information content (AvgIpc) is 3.72. The average molecular weight is 633 g/mol. The maximum absolute atomic E-state index is 12.3. The van der Waals surface area contributed by atoms with Gasteiger partial charge in [0.05, 0.1) is 18.2 Å². The number of ether oxygens (including phenoxy) is 1. The highest BCUT2D eigenvalue weighted by molar-refractivity contribution is 5.97. The molecule has 238 valence electrons. The molecule has 0 bridgehead atoms. The number of carbonyl (C=O) groups excluding carboxylic acids is 3. The number of H-pyrrole nitrogens is 2. The quantitative estimate of drug-likeness (QED) is 0.140. The number of aromatic nitrogens is 4. The van der Waals surface area contributed by atoms with Gasteiger partial charge in [0, 0.05) is 71.8 Å². The molecule has 0 aliphatic heterocycles. The van der Waals surface area contributed by atoms with E-state index in [1.54, 1.807) is 42.9 Å². The number of aromatic amines is 2. The maximum atomic E-state index is 12.3. The third-order valence-corrected chi connectivity index (χ3v) is 7.44.